The van der Waals surface area contributed by atoms with Crippen LogP contribution in [0.15, 0.2) is 46.9 Å². The van der Waals surface area contributed by atoms with Crippen LogP contribution in [0, 0.1) is 5.82 Å². The third kappa shape index (κ3) is 3.17. The molecule has 3 nitrogen and oxygen atoms in total. The number of aromatic hydroxyl groups is 1. The highest BCUT2D eigenvalue weighted by atomic mass is 79.9. The Morgan fingerprint density at radius 3 is 2.70 bits per heavy atom. The van der Waals surface area contributed by atoms with Crippen molar-refractivity contribution in [2.75, 3.05) is 7.05 Å². The van der Waals surface area contributed by atoms with Gasteiger partial charge in [0.25, 0.3) is 5.91 Å². The van der Waals surface area contributed by atoms with Crippen molar-refractivity contribution in [1.29, 1.82) is 0 Å². The number of amides is 1. The number of phenolic OH excluding ortho intramolecular Hbond substituents is 1. The van der Waals surface area contributed by atoms with Crippen molar-refractivity contribution in [1.82, 2.24) is 4.90 Å². The van der Waals surface area contributed by atoms with E-state index in [2.05, 4.69) is 15.9 Å². The fourth-order valence-electron chi connectivity index (χ4n) is 1.84. The third-order valence-electron chi connectivity index (χ3n) is 2.90. The molecule has 0 bridgehead atoms. The minimum absolute atomic E-state index is 0.0421. The Kier molecular flexibility index (Phi) is 4.39. The Hall–Kier alpha value is -1.88. The van der Waals surface area contributed by atoms with E-state index in [0.29, 0.717) is 6.54 Å². The molecule has 20 heavy (non-hydrogen) atoms. The topological polar surface area (TPSA) is 40.5 Å². The zero-order chi connectivity index (χ0) is 14.7. The molecule has 0 spiro atoms. The molecule has 0 aliphatic rings. The third-order valence-corrected chi connectivity index (χ3v) is 3.67. The number of benzene rings is 2. The Labute approximate surface area is 124 Å². The van der Waals surface area contributed by atoms with Gasteiger partial charge in [0.2, 0.25) is 0 Å². The maximum absolute atomic E-state index is 13.2. The molecule has 0 heterocycles. The molecule has 2 aromatic rings. The molecule has 0 aromatic heterocycles. The predicted octanol–water partition coefficient (Wildman–Crippen LogP) is 3.57. The smallest absolute Gasteiger partial charge is 0.257 e. The van der Waals surface area contributed by atoms with Gasteiger partial charge in [0, 0.05) is 18.1 Å². The molecule has 0 radical (unpaired) electrons. The van der Waals surface area contributed by atoms with E-state index in [1.165, 1.54) is 11.0 Å². The van der Waals surface area contributed by atoms with Gasteiger partial charge in [-0.1, -0.05) is 34.1 Å². The largest absolute Gasteiger partial charge is 0.507 e. The van der Waals surface area contributed by atoms with Crippen LogP contribution in [0.4, 0.5) is 4.39 Å². The SMILES string of the molecule is CN(Cc1ccccc1Br)C(=O)c1cc(F)ccc1O. The quantitative estimate of drug-likeness (QED) is 0.930. The summed E-state index contributed by atoms with van der Waals surface area (Å²) in [7, 11) is 1.60. The molecule has 2 aromatic carbocycles. The molecule has 2 rings (SSSR count). The zero-order valence-electron chi connectivity index (χ0n) is 10.8. The number of carbonyl (C=O) groups is 1. The molecule has 104 valence electrons. The van der Waals surface area contributed by atoms with Gasteiger partial charge in [-0.25, -0.2) is 4.39 Å². The summed E-state index contributed by atoms with van der Waals surface area (Å²) in [4.78, 5) is 13.6. The highest BCUT2D eigenvalue weighted by Crippen LogP contribution is 2.22. The summed E-state index contributed by atoms with van der Waals surface area (Å²) < 4.78 is 14.1. The normalized spacial score (nSPS) is 10.3. The number of hydrogen-bond donors (Lipinski definition) is 1. The van der Waals surface area contributed by atoms with E-state index in [0.717, 1.165) is 22.2 Å². The lowest BCUT2D eigenvalue weighted by molar-refractivity contribution is 0.0781. The van der Waals surface area contributed by atoms with Crippen molar-refractivity contribution in [3.05, 3.63) is 63.9 Å². The maximum Gasteiger partial charge on any atom is 0.257 e. The summed E-state index contributed by atoms with van der Waals surface area (Å²) >= 11 is 3.41. The summed E-state index contributed by atoms with van der Waals surface area (Å²) in [6.45, 7) is 0.357. The van der Waals surface area contributed by atoms with Gasteiger partial charge < -0.3 is 10.0 Å². The highest BCUT2D eigenvalue weighted by molar-refractivity contribution is 9.10. The van der Waals surface area contributed by atoms with Crippen LogP contribution in [0.2, 0.25) is 0 Å². The van der Waals surface area contributed by atoms with Crippen LogP contribution in [-0.4, -0.2) is 23.0 Å². The number of hydrogen-bond acceptors (Lipinski definition) is 2. The summed E-state index contributed by atoms with van der Waals surface area (Å²) in [6.07, 6.45) is 0. The van der Waals surface area contributed by atoms with Crippen molar-refractivity contribution in [2.24, 2.45) is 0 Å². The predicted molar refractivity (Wildman–Crippen MR) is 78.0 cm³/mol. The van der Waals surface area contributed by atoms with E-state index in [1.807, 2.05) is 24.3 Å². The van der Waals surface area contributed by atoms with Gasteiger partial charge in [0.1, 0.15) is 11.6 Å². The average Bonchev–Trinajstić information content (AvgIpc) is 2.43. The van der Waals surface area contributed by atoms with Crippen molar-refractivity contribution in [3.63, 3.8) is 0 Å². The molecule has 1 N–H and O–H groups in total. The molecular formula is C15H13BrFNO2. The van der Waals surface area contributed by atoms with Gasteiger partial charge >= 0.3 is 0 Å². The second-order valence-electron chi connectivity index (χ2n) is 4.41. The molecule has 0 saturated carbocycles. The Balaban J connectivity index is 2.21. The fourth-order valence-corrected chi connectivity index (χ4v) is 2.25. The number of carbonyl (C=O) groups excluding carboxylic acids is 1. The van der Waals surface area contributed by atoms with E-state index in [4.69, 9.17) is 0 Å². The van der Waals surface area contributed by atoms with Crippen molar-refractivity contribution in [2.45, 2.75) is 6.54 Å². The number of phenols is 1. The first-order valence-electron chi connectivity index (χ1n) is 5.96. The van der Waals surface area contributed by atoms with Gasteiger partial charge in [0.05, 0.1) is 5.56 Å². The van der Waals surface area contributed by atoms with Crippen LogP contribution in [0.1, 0.15) is 15.9 Å². The van der Waals surface area contributed by atoms with Gasteiger partial charge in [-0.2, -0.15) is 0 Å². The molecule has 0 aliphatic carbocycles. The maximum atomic E-state index is 13.2. The Bertz CT molecular complexity index is 646. The molecular weight excluding hydrogens is 325 g/mol. The van der Waals surface area contributed by atoms with Crippen molar-refractivity contribution < 1.29 is 14.3 Å². The van der Waals surface area contributed by atoms with Gasteiger partial charge in [-0.05, 0) is 29.8 Å². The minimum atomic E-state index is -0.555. The van der Waals surface area contributed by atoms with Crippen LogP contribution >= 0.6 is 15.9 Å². The zero-order valence-corrected chi connectivity index (χ0v) is 12.4. The fraction of sp³-hybridized carbons (Fsp3) is 0.133. The Morgan fingerprint density at radius 1 is 1.30 bits per heavy atom. The minimum Gasteiger partial charge on any atom is -0.507 e. The molecule has 5 heteroatoms. The van der Waals surface area contributed by atoms with E-state index in [-0.39, 0.29) is 11.3 Å². The first-order valence-corrected chi connectivity index (χ1v) is 6.75. The first-order chi connectivity index (χ1) is 9.49. The van der Waals surface area contributed by atoms with Gasteiger partial charge in [-0.15, -0.1) is 0 Å². The summed E-state index contributed by atoms with van der Waals surface area (Å²) in [5.41, 5.74) is 0.888. The number of rotatable bonds is 3. The molecule has 0 aliphatic heterocycles. The van der Waals surface area contributed by atoms with Gasteiger partial charge in [0.15, 0.2) is 0 Å². The van der Waals surface area contributed by atoms with Crippen LogP contribution in [-0.2, 0) is 6.54 Å². The van der Waals surface area contributed by atoms with E-state index >= 15 is 0 Å². The van der Waals surface area contributed by atoms with Crippen LogP contribution in [0.25, 0.3) is 0 Å². The monoisotopic (exact) mass is 337 g/mol. The van der Waals surface area contributed by atoms with Crippen LogP contribution in [0.5, 0.6) is 5.75 Å². The second-order valence-corrected chi connectivity index (χ2v) is 5.27. The van der Waals surface area contributed by atoms with E-state index in [1.54, 1.807) is 7.05 Å². The van der Waals surface area contributed by atoms with Crippen LogP contribution < -0.4 is 0 Å². The van der Waals surface area contributed by atoms with Gasteiger partial charge in [-0.3, -0.25) is 4.79 Å². The molecule has 0 saturated heterocycles. The standard InChI is InChI=1S/C15H13BrFNO2/c1-18(9-10-4-2-3-5-13(10)16)15(20)12-8-11(17)6-7-14(12)19/h2-8,19H,9H2,1H3. The van der Waals surface area contributed by atoms with Crippen molar-refractivity contribution in [3.8, 4) is 5.75 Å². The number of nitrogens with zero attached hydrogens (tertiary/aromatic N) is 1. The molecule has 0 atom stereocenters. The van der Waals surface area contributed by atoms with E-state index < -0.39 is 11.7 Å². The second kappa shape index (κ2) is 6.05. The summed E-state index contributed by atoms with van der Waals surface area (Å²) in [6, 6.07) is 10.8. The summed E-state index contributed by atoms with van der Waals surface area (Å²) in [5, 5.41) is 9.65. The molecule has 0 unspecified atom stereocenters. The summed E-state index contributed by atoms with van der Waals surface area (Å²) in [5.74, 6) is -1.21. The molecule has 1 amide bonds. The van der Waals surface area contributed by atoms with E-state index in [9.17, 15) is 14.3 Å². The Morgan fingerprint density at radius 2 is 2.00 bits per heavy atom. The molecule has 0 fully saturated rings. The lowest BCUT2D eigenvalue weighted by atomic mass is 10.1. The lowest BCUT2D eigenvalue weighted by Gasteiger charge is -2.18. The highest BCUT2D eigenvalue weighted by Gasteiger charge is 2.17. The first kappa shape index (κ1) is 14.5. The number of halogens is 2. The van der Waals surface area contributed by atoms with Crippen LogP contribution in [0.3, 0.4) is 0 Å². The van der Waals surface area contributed by atoms with Crippen molar-refractivity contribution >= 4 is 21.8 Å². The average molecular weight is 338 g/mol. The lowest BCUT2D eigenvalue weighted by Crippen LogP contribution is -2.26.